The molecule has 0 atom stereocenters. The number of hydrazone groups is 1. The summed E-state index contributed by atoms with van der Waals surface area (Å²) >= 11 is 0. The highest BCUT2D eigenvalue weighted by molar-refractivity contribution is 5.92. The van der Waals surface area contributed by atoms with Crippen molar-refractivity contribution in [2.45, 2.75) is 13.5 Å². The van der Waals surface area contributed by atoms with Crippen molar-refractivity contribution in [3.8, 4) is 11.5 Å². The second-order valence-electron chi connectivity index (χ2n) is 6.08. The van der Waals surface area contributed by atoms with Crippen LogP contribution in [-0.4, -0.2) is 22.2 Å². The van der Waals surface area contributed by atoms with Gasteiger partial charge in [0.05, 0.1) is 11.1 Å². The van der Waals surface area contributed by atoms with Crippen molar-refractivity contribution in [2.24, 2.45) is 5.10 Å². The summed E-state index contributed by atoms with van der Waals surface area (Å²) in [4.78, 5) is 22.7. The molecule has 0 radical (unpaired) electrons. The molecule has 1 aromatic heterocycles. The number of phenols is 1. The quantitative estimate of drug-likeness (QED) is 0.358. The van der Waals surface area contributed by atoms with Crippen LogP contribution in [0.2, 0.25) is 0 Å². The molecular formula is C20H17N3O6. The minimum absolute atomic E-state index is 0.00932. The zero-order valence-electron chi connectivity index (χ0n) is 15.4. The van der Waals surface area contributed by atoms with Crippen molar-refractivity contribution < 1.29 is 24.0 Å². The van der Waals surface area contributed by atoms with E-state index in [1.54, 1.807) is 25.1 Å². The molecule has 0 aliphatic heterocycles. The Morgan fingerprint density at radius 3 is 2.86 bits per heavy atom. The van der Waals surface area contributed by atoms with Gasteiger partial charge in [-0.15, -0.1) is 0 Å². The number of benzene rings is 2. The van der Waals surface area contributed by atoms with Gasteiger partial charge in [0.25, 0.3) is 0 Å². The van der Waals surface area contributed by atoms with E-state index in [0.29, 0.717) is 11.3 Å². The molecule has 0 saturated carbocycles. The first-order valence-corrected chi connectivity index (χ1v) is 8.51. The van der Waals surface area contributed by atoms with Crippen LogP contribution in [-0.2, 0) is 6.61 Å². The number of nitrogens with zero attached hydrogens (tertiary/aromatic N) is 2. The number of ether oxygens (including phenoxy) is 1. The minimum atomic E-state index is -0.575. The van der Waals surface area contributed by atoms with E-state index in [0.717, 1.165) is 5.56 Å². The van der Waals surface area contributed by atoms with Gasteiger partial charge in [-0.05, 0) is 48.4 Å². The van der Waals surface area contributed by atoms with Gasteiger partial charge < -0.3 is 14.3 Å². The van der Waals surface area contributed by atoms with Crippen LogP contribution in [0, 0.1) is 17.0 Å². The highest BCUT2D eigenvalue weighted by Gasteiger charge is 2.16. The third-order valence-corrected chi connectivity index (χ3v) is 3.82. The van der Waals surface area contributed by atoms with Crippen LogP contribution in [0.15, 0.2) is 64.1 Å². The summed E-state index contributed by atoms with van der Waals surface area (Å²) in [5.41, 5.74) is 3.52. The molecule has 0 bridgehead atoms. The molecule has 3 rings (SSSR count). The predicted molar refractivity (Wildman–Crippen MR) is 104 cm³/mol. The normalized spacial score (nSPS) is 10.8. The number of nitrogens with one attached hydrogen (secondary N) is 1. The van der Waals surface area contributed by atoms with Gasteiger partial charge in [0.15, 0.2) is 11.5 Å². The Labute approximate surface area is 165 Å². The SMILES string of the molecule is Cc1ccc(OCc2ccc(C(=O)NN=Cc3cccc(O)c3)o2)c([N+](=O)[O-])c1. The third-order valence-electron chi connectivity index (χ3n) is 3.82. The number of aryl methyl sites for hydroxylation is 1. The van der Waals surface area contributed by atoms with Crippen LogP contribution >= 0.6 is 0 Å². The van der Waals surface area contributed by atoms with Gasteiger partial charge in [-0.1, -0.05) is 18.2 Å². The molecule has 0 saturated heterocycles. The predicted octanol–water partition coefficient (Wildman–Crippen LogP) is 3.54. The number of rotatable bonds is 7. The molecule has 29 heavy (non-hydrogen) atoms. The van der Waals surface area contributed by atoms with Gasteiger partial charge in [-0.2, -0.15) is 5.10 Å². The van der Waals surface area contributed by atoms with Crippen molar-refractivity contribution in [1.29, 1.82) is 0 Å². The van der Waals surface area contributed by atoms with Crippen LogP contribution in [0.4, 0.5) is 5.69 Å². The molecule has 9 heteroatoms. The number of furan rings is 1. The number of carbonyl (C=O) groups excluding carboxylic acids is 1. The molecule has 0 spiro atoms. The molecule has 1 amide bonds. The maximum atomic E-state index is 12.1. The van der Waals surface area contributed by atoms with E-state index >= 15 is 0 Å². The average Bonchev–Trinajstić information content (AvgIpc) is 3.16. The van der Waals surface area contributed by atoms with Crippen LogP contribution in [0.5, 0.6) is 11.5 Å². The monoisotopic (exact) mass is 395 g/mol. The lowest BCUT2D eigenvalue weighted by molar-refractivity contribution is -0.386. The number of amides is 1. The van der Waals surface area contributed by atoms with Gasteiger partial charge in [-0.25, -0.2) is 5.43 Å². The second kappa shape index (κ2) is 8.70. The summed E-state index contributed by atoms with van der Waals surface area (Å²) < 4.78 is 10.9. The van der Waals surface area contributed by atoms with E-state index in [9.17, 15) is 20.0 Å². The number of nitro groups is 1. The van der Waals surface area contributed by atoms with Gasteiger partial charge in [-0.3, -0.25) is 14.9 Å². The molecule has 2 N–H and O–H groups in total. The van der Waals surface area contributed by atoms with Crippen LogP contribution in [0.3, 0.4) is 0 Å². The molecular weight excluding hydrogens is 378 g/mol. The van der Waals surface area contributed by atoms with Crippen LogP contribution in [0.1, 0.15) is 27.4 Å². The zero-order valence-corrected chi connectivity index (χ0v) is 15.4. The highest BCUT2D eigenvalue weighted by atomic mass is 16.6. The van der Waals surface area contributed by atoms with E-state index in [2.05, 4.69) is 10.5 Å². The lowest BCUT2D eigenvalue weighted by Crippen LogP contribution is -2.16. The Hall–Kier alpha value is -4.14. The topological polar surface area (TPSA) is 127 Å². The van der Waals surface area contributed by atoms with Crippen molar-refractivity contribution in [3.05, 3.63) is 87.4 Å². The fourth-order valence-electron chi connectivity index (χ4n) is 2.44. The van der Waals surface area contributed by atoms with Crippen molar-refractivity contribution in [3.63, 3.8) is 0 Å². The molecule has 148 valence electrons. The maximum Gasteiger partial charge on any atom is 0.311 e. The molecule has 2 aromatic carbocycles. The van der Waals surface area contributed by atoms with Crippen molar-refractivity contribution >= 4 is 17.8 Å². The second-order valence-corrected chi connectivity index (χ2v) is 6.08. The van der Waals surface area contributed by atoms with E-state index in [4.69, 9.17) is 9.15 Å². The highest BCUT2D eigenvalue weighted by Crippen LogP contribution is 2.28. The molecule has 3 aromatic rings. The van der Waals surface area contributed by atoms with Crippen molar-refractivity contribution in [2.75, 3.05) is 0 Å². The van der Waals surface area contributed by atoms with E-state index in [-0.39, 0.29) is 29.6 Å². The first kappa shape index (κ1) is 19.6. The number of phenolic OH excluding ortho intramolecular Hbond substituents is 1. The number of aromatic hydroxyl groups is 1. The third kappa shape index (κ3) is 5.19. The van der Waals surface area contributed by atoms with Gasteiger partial charge in [0.2, 0.25) is 0 Å². The zero-order chi connectivity index (χ0) is 20.8. The molecule has 0 fully saturated rings. The summed E-state index contributed by atoms with van der Waals surface area (Å²) in [6.07, 6.45) is 1.38. The fourth-order valence-corrected chi connectivity index (χ4v) is 2.44. The van der Waals surface area contributed by atoms with E-state index in [1.807, 2.05) is 0 Å². The Morgan fingerprint density at radius 1 is 1.28 bits per heavy atom. The summed E-state index contributed by atoms with van der Waals surface area (Å²) in [5, 5.41) is 24.3. The largest absolute Gasteiger partial charge is 0.508 e. The Kier molecular flexibility index (Phi) is 5.88. The molecule has 0 unspecified atom stereocenters. The number of hydrogen-bond donors (Lipinski definition) is 2. The summed E-state index contributed by atoms with van der Waals surface area (Å²) in [7, 11) is 0. The lowest BCUT2D eigenvalue weighted by atomic mass is 10.2. The van der Waals surface area contributed by atoms with Gasteiger partial charge >= 0.3 is 11.6 Å². The maximum absolute atomic E-state index is 12.1. The Bertz CT molecular complexity index is 1070. The van der Waals surface area contributed by atoms with Gasteiger partial charge in [0.1, 0.15) is 18.1 Å². The number of hydrogen-bond acceptors (Lipinski definition) is 7. The van der Waals surface area contributed by atoms with Gasteiger partial charge in [0, 0.05) is 6.07 Å². The molecule has 9 nitrogen and oxygen atoms in total. The molecule has 1 heterocycles. The molecule has 0 aliphatic carbocycles. The van der Waals surface area contributed by atoms with E-state index < -0.39 is 10.8 Å². The van der Waals surface area contributed by atoms with Crippen LogP contribution < -0.4 is 10.2 Å². The molecule has 0 aliphatic rings. The first-order chi connectivity index (χ1) is 13.9. The van der Waals surface area contributed by atoms with Crippen LogP contribution in [0.25, 0.3) is 0 Å². The fraction of sp³-hybridized carbons (Fsp3) is 0.100. The lowest BCUT2D eigenvalue weighted by Gasteiger charge is -2.05. The number of carbonyl (C=O) groups is 1. The van der Waals surface area contributed by atoms with Crippen molar-refractivity contribution in [1.82, 2.24) is 5.43 Å². The first-order valence-electron chi connectivity index (χ1n) is 8.51. The van der Waals surface area contributed by atoms with E-state index in [1.165, 1.54) is 42.6 Å². The summed E-state index contributed by atoms with van der Waals surface area (Å²) in [6.45, 7) is 1.67. The Morgan fingerprint density at radius 2 is 2.10 bits per heavy atom. The summed E-state index contributed by atoms with van der Waals surface area (Å²) in [5.74, 6) is -0.0468. The summed E-state index contributed by atoms with van der Waals surface area (Å²) in [6, 6.07) is 14.0. The minimum Gasteiger partial charge on any atom is -0.508 e. The smallest absolute Gasteiger partial charge is 0.311 e. The Balaban J connectivity index is 1.59. The standard InChI is InChI=1S/C20H17N3O6/c1-13-5-7-18(17(9-13)23(26)27)28-12-16-6-8-19(29-16)20(25)22-21-11-14-3-2-4-15(24)10-14/h2-11,24H,12H2,1H3,(H,22,25). The average molecular weight is 395 g/mol. The number of nitro benzene ring substituents is 1.